The van der Waals surface area contributed by atoms with E-state index in [9.17, 15) is 0 Å². The average Bonchev–Trinajstić information content (AvgIpc) is 2.47. The third-order valence-corrected chi connectivity index (χ3v) is 2.64. The highest BCUT2D eigenvalue weighted by Crippen LogP contribution is 2.24. The van der Waals surface area contributed by atoms with E-state index in [1.807, 2.05) is 24.4 Å². The van der Waals surface area contributed by atoms with Gasteiger partial charge in [-0.3, -0.25) is 0 Å². The Bertz CT molecular complexity index is 465. The summed E-state index contributed by atoms with van der Waals surface area (Å²) in [5, 5.41) is 1.13. The van der Waals surface area contributed by atoms with Gasteiger partial charge < -0.3 is 4.98 Å². The van der Waals surface area contributed by atoms with Crippen LogP contribution in [-0.4, -0.2) is 4.98 Å². The van der Waals surface area contributed by atoms with Crippen molar-refractivity contribution in [2.75, 3.05) is 0 Å². The van der Waals surface area contributed by atoms with Crippen LogP contribution < -0.4 is 0 Å². The van der Waals surface area contributed by atoms with Gasteiger partial charge in [-0.2, -0.15) is 0 Å². The van der Waals surface area contributed by atoms with Gasteiger partial charge in [-0.25, -0.2) is 4.85 Å². The van der Waals surface area contributed by atoms with Crippen molar-refractivity contribution in [3.8, 4) is 0 Å². The van der Waals surface area contributed by atoms with Crippen molar-refractivity contribution >= 4 is 39.2 Å². The van der Waals surface area contributed by atoms with Gasteiger partial charge in [-0.1, -0.05) is 6.07 Å². The molecule has 1 aromatic heterocycles. The van der Waals surface area contributed by atoms with Crippen LogP contribution in [-0.2, 0) is 0 Å². The first kappa shape index (κ1) is 7.62. The lowest BCUT2D eigenvalue weighted by Crippen LogP contribution is -1.66. The maximum atomic E-state index is 6.85. The Morgan fingerprint density at radius 3 is 3.00 bits per heavy atom. The predicted molar refractivity (Wildman–Crippen MR) is 57.3 cm³/mol. The SMILES string of the molecule is [C-]#[N+]c1ccc2[nH]cc(I)c2c1. The first-order valence-corrected chi connectivity index (χ1v) is 4.53. The van der Waals surface area contributed by atoms with Crippen molar-refractivity contribution in [3.05, 3.63) is 39.4 Å². The maximum Gasteiger partial charge on any atom is 0.188 e. The van der Waals surface area contributed by atoms with Gasteiger partial charge >= 0.3 is 0 Å². The smallest absolute Gasteiger partial charge is 0.188 e. The topological polar surface area (TPSA) is 20.1 Å². The summed E-state index contributed by atoms with van der Waals surface area (Å²) in [6, 6.07) is 5.66. The Hall–Kier alpha value is -1.02. The quantitative estimate of drug-likeness (QED) is 0.558. The van der Waals surface area contributed by atoms with Gasteiger partial charge in [-0.05, 0) is 34.7 Å². The van der Waals surface area contributed by atoms with Crippen molar-refractivity contribution in [1.29, 1.82) is 0 Å². The summed E-state index contributed by atoms with van der Waals surface area (Å²) in [6.07, 6.45) is 1.94. The van der Waals surface area contributed by atoms with E-state index in [2.05, 4.69) is 32.4 Å². The number of nitrogens with one attached hydrogen (secondary N) is 1. The van der Waals surface area contributed by atoms with Gasteiger partial charge in [0.15, 0.2) is 5.69 Å². The minimum absolute atomic E-state index is 0.694. The number of nitrogens with zero attached hydrogens (tertiary/aromatic N) is 1. The van der Waals surface area contributed by atoms with Gasteiger partial charge in [0, 0.05) is 20.7 Å². The van der Waals surface area contributed by atoms with Gasteiger partial charge in [0.25, 0.3) is 0 Å². The average molecular weight is 268 g/mol. The summed E-state index contributed by atoms with van der Waals surface area (Å²) in [7, 11) is 0. The number of halogens is 1. The van der Waals surface area contributed by atoms with Gasteiger partial charge in [0.1, 0.15) is 0 Å². The lowest BCUT2D eigenvalue weighted by molar-refractivity contribution is 1.47. The molecular weight excluding hydrogens is 263 g/mol. The summed E-state index contributed by atoms with van der Waals surface area (Å²) in [5.41, 5.74) is 1.78. The van der Waals surface area contributed by atoms with Gasteiger partial charge in [-0.15, -0.1) is 0 Å². The summed E-state index contributed by atoms with van der Waals surface area (Å²) >= 11 is 2.25. The number of benzene rings is 1. The minimum atomic E-state index is 0.694. The molecule has 0 unspecified atom stereocenters. The van der Waals surface area contributed by atoms with Crippen molar-refractivity contribution in [1.82, 2.24) is 4.98 Å². The molecule has 1 heterocycles. The second-order valence-electron chi connectivity index (χ2n) is 2.48. The molecule has 1 N–H and O–H groups in total. The second-order valence-corrected chi connectivity index (χ2v) is 3.64. The molecular formula is C9H5IN2. The lowest BCUT2D eigenvalue weighted by atomic mass is 10.2. The molecule has 0 aliphatic rings. The largest absolute Gasteiger partial charge is 0.360 e. The molecule has 0 spiro atoms. The third-order valence-electron chi connectivity index (χ3n) is 1.74. The van der Waals surface area contributed by atoms with Crippen molar-refractivity contribution in [2.24, 2.45) is 0 Å². The van der Waals surface area contributed by atoms with Crippen LogP contribution in [0.25, 0.3) is 15.7 Å². The van der Waals surface area contributed by atoms with Crippen molar-refractivity contribution in [2.45, 2.75) is 0 Å². The molecule has 2 rings (SSSR count). The number of H-pyrrole nitrogens is 1. The van der Waals surface area contributed by atoms with Crippen molar-refractivity contribution < 1.29 is 0 Å². The normalized spacial score (nSPS) is 10.0. The highest BCUT2D eigenvalue weighted by Gasteiger charge is 2.00. The van der Waals surface area contributed by atoms with Crippen LogP contribution in [0, 0.1) is 10.1 Å². The molecule has 0 atom stereocenters. The molecule has 0 bridgehead atoms. The number of rotatable bonds is 0. The van der Waals surface area contributed by atoms with E-state index in [1.54, 1.807) is 0 Å². The predicted octanol–water partition coefficient (Wildman–Crippen LogP) is 3.32. The number of hydrogen-bond donors (Lipinski definition) is 1. The van der Waals surface area contributed by atoms with E-state index in [0.717, 1.165) is 14.5 Å². The van der Waals surface area contributed by atoms with Crippen LogP contribution in [0.1, 0.15) is 0 Å². The Labute approximate surface area is 83.6 Å². The van der Waals surface area contributed by atoms with Gasteiger partial charge in [0.05, 0.1) is 6.57 Å². The van der Waals surface area contributed by atoms with E-state index < -0.39 is 0 Å². The van der Waals surface area contributed by atoms with E-state index in [0.29, 0.717) is 5.69 Å². The minimum Gasteiger partial charge on any atom is -0.360 e. The van der Waals surface area contributed by atoms with Crippen LogP contribution in [0.2, 0.25) is 0 Å². The summed E-state index contributed by atoms with van der Waals surface area (Å²) in [6.45, 7) is 6.85. The molecule has 0 fully saturated rings. The fourth-order valence-electron chi connectivity index (χ4n) is 1.14. The fourth-order valence-corrected chi connectivity index (χ4v) is 1.75. The standard InChI is InChI=1S/C9H5IN2/c1-11-6-2-3-9-7(4-6)8(10)5-12-9/h2-5,12H. The molecule has 3 heteroatoms. The molecule has 1 aromatic carbocycles. The van der Waals surface area contributed by atoms with Crippen molar-refractivity contribution in [3.63, 3.8) is 0 Å². The zero-order chi connectivity index (χ0) is 8.55. The Kier molecular flexibility index (Phi) is 1.77. The number of aromatic nitrogens is 1. The fraction of sp³-hybridized carbons (Fsp3) is 0. The van der Waals surface area contributed by atoms with Gasteiger partial charge in [0.2, 0.25) is 0 Å². The molecule has 0 saturated heterocycles. The molecule has 0 radical (unpaired) electrons. The molecule has 12 heavy (non-hydrogen) atoms. The van der Waals surface area contributed by atoms with Crippen LogP contribution in [0.3, 0.4) is 0 Å². The number of aromatic amines is 1. The summed E-state index contributed by atoms with van der Waals surface area (Å²) < 4.78 is 1.16. The van der Waals surface area contributed by atoms with Crippen LogP contribution in [0.15, 0.2) is 24.4 Å². The van der Waals surface area contributed by atoms with E-state index in [-0.39, 0.29) is 0 Å². The molecule has 58 valence electrons. The van der Waals surface area contributed by atoms with Crippen LogP contribution in [0.5, 0.6) is 0 Å². The Balaban J connectivity index is 2.82. The van der Waals surface area contributed by atoms with Crippen LogP contribution >= 0.6 is 22.6 Å². The maximum absolute atomic E-state index is 6.85. The Morgan fingerprint density at radius 1 is 1.42 bits per heavy atom. The molecule has 0 saturated carbocycles. The lowest BCUT2D eigenvalue weighted by Gasteiger charge is -1.90. The molecule has 0 amide bonds. The highest BCUT2D eigenvalue weighted by molar-refractivity contribution is 14.1. The molecule has 2 nitrogen and oxygen atoms in total. The first-order chi connectivity index (χ1) is 5.81. The third kappa shape index (κ3) is 1.08. The zero-order valence-corrected chi connectivity index (χ0v) is 8.29. The number of hydrogen-bond acceptors (Lipinski definition) is 0. The van der Waals surface area contributed by atoms with E-state index in [1.165, 1.54) is 0 Å². The second kappa shape index (κ2) is 2.79. The Morgan fingerprint density at radius 2 is 2.25 bits per heavy atom. The van der Waals surface area contributed by atoms with E-state index >= 15 is 0 Å². The first-order valence-electron chi connectivity index (χ1n) is 3.45. The summed E-state index contributed by atoms with van der Waals surface area (Å²) in [5.74, 6) is 0. The molecule has 0 aliphatic heterocycles. The zero-order valence-electron chi connectivity index (χ0n) is 6.13. The highest BCUT2D eigenvalue weighted by atomic mass is 127. The monoisotopic (exact) mass is 268 g/mol. The molecule has 2 aromatic rings. The summed E-state index contributed by atoms with van der Waals surface area (Å²) in [4.78, 5) is 6.50. The van der Waals surface area contributed by atoms with E-state index in [4.69, 9.17) is 6.57 Å². The number of fused-ring (bicyclic) bond motifs is 1. The van der Waals surface area contributed by atoms with Crippen LogP contribution in [0.4, 0.5) is 5.69 Å². The molecule has 0 aliphatic carbocycles.